The maximum Gasteiger partial charge on any atom is 0.341 e. The summed E-state index contributed by atoms with van der Waals surface area (Å²) in [6, 6.07) is 8.10. The van der Waals surface area contributed by atoms with E-state index in [0.29, 0.717) is 23.7 Å². The van der Waals surface area contributed by atoms with E-state index in [2.05, 4.69) is 21.2 Å². The highest BCUT2D eigenvalue weighted by atomic mass is 32.1. The van der Waals surface area contributed by atoms with E-state index in [1.165, 1.54) is 16.2 Å². The Hall–Kier alpha value is -2.58. The molecule has 34 heavy (non-hydrogen) atoms. The van der Waals surface area contributed by atoms with Gasteiger partial charge in [-0.15, -0.1) is 11.3 Å². The average Bonchev–Trinajstić information content (AvgIpc) is 3.17. The molecule has 1 aliphatic carbocycles. The quantitative estimate of drug-likeness (QED) is 0.561. The number of para-hydroxylation sites is 2. The van der Waals surface area contributed by atoms with Crippen LogP contribution >= 0.6 is 11.3 Å². The maximum absolute atomic E-state index is 12.9. The smallest absolute Gasteiger partial charge is 0.341 e. The van der Waals surface area contributed by atoms with E-state index in [1.807, 2.05) is 39.0 Å². The fourth-order valence-corrected chi connectivity index (χ4v) is 5.95. The molecular formula is C26H35N3O4S. The maximum atomic E-state index is 12.9. The van der Waals surface area contributed by atoms with Crippen LogP contribution in [0.25, 0.3) is 0 Å². The summed E-state index contributed by atoms with van der Waals surface area (Å²) in [6.07, 6.45) is 3.82. The van der Waals surface area contributed by atoms with Crippen molar-refractivity contribution in [3.05, 3.63) is 40.3 Å². The number of hydrogen-bond acceptors (Lipinski definition) is 7. The first kappa shape index (κ1) is 24.5. The summed E-state index contributed by atoms with van der Waals surface area (Å²) in [7, 11) is 0. The van der Waals surface area contributed by atoms with Gasteiger partial charge in [0, 0.05) is 31.1 Å². The Bertz CT molecular complexity index is 1010. The average molecular weight is 486 g/mol. The first-order valence-corrected chi connectivity index (χ1v) is 13.1. The summed E-state index contributed by atoms with van der Waals surface area (Å²) >= 11 is 1.54. The molecule has 8 heteroatoms. The number of nitrogens with zero attached hydrogens (tertiary/aromatic N) is 2. The largest absolute Gasteiger partial charge is 0.492 e. The predicted octanol–water partition coefficient (Wildman–Crippen LogP) is 4.35. The van der Waals surface area contributed by atoms with Gasteiger partial charge in [-0.2, -0.15) is 0 Å². The highest BCUT2D eigenvalue weighted by Crippen LogP contribution is 2.38. The molecule has 1 N–H and O–H groups in total. The Morgan fingerprint density at radius 2 is 1.82 bits per heavy atom. The Kier molecular flexibility index (Phi) is 8.11. The normalized spacial score (nSPS) is 16.3. The molecule has 0 unspecified atom stereocenters. The zero-order valence-electron chi connectivity index (χ0n) is 20.4. The number of thiophene rings is 1. The molecule has 0 bridgehead atoms. The van der Waals surface area contributed by atoms with E-state index in [0.717, 1.165) is 68.9 Å². The highest BCUT2D eigenvalue weighted by molar-refractivity contribution is 7.17. The predicted molar refractivity (Wildman–Crippen MR) is 136 cm³/mol. The highest BCUT2D eigenvalue weighted by Gasteiger charge is 2.28. The summed E-state index contributed by atoms with van der Waals surface area (Å²) < 4.78 is 11.3. The minimum absolute atomic E-state index is 0.0830. The zero-order chi connectivity index (χ0) is 24.1. The number of piperazine rings is 1. The van der Waals surface area contributed by atoms with Crippen molar-refractivity contribution >= 4 is 33.9 Å². The van der Waals surface area contributed by atoms with Crippen LogP contribution in [0.15, 0.2) is 24.3 Å². The molecule has 0 radical (unpaired) electrons. The van der Waals surface area contributed by atoms with Gasteiger partial charge in [-0.1, -0.05) is 12.1 Å². The molecule has 1 amide bonds. The SMILES string of the molecule is CCOc1ccccc1N1CCN(CC(=O)Nc2sc3c(c2C(=O)OC(C)C)CCCC3)CC1. The lowest BCUT2D eigenvalue weighted by Gasteiger charge is -2.36. The Balaban J connectivity index is 1.38. The molecule has 1 fully saturated rings. The van der Waals surface area contributed by atoms with Crippen molar-refractivity contribution in [3.8, 4) is 5.75 Å². The molecule has 7 nitrogen and oxygen atoms in total. The van der Waals surface area contributed by atoms with Crippen molar-refractivity contribution in [1.29, 1.82) is 0 Å². The summed E-state index contributed by atoms with van der Waals surface area (Å²) in [4.78, 5) is 31.5. The number of hydrogen-bond donors (Lipinski definition) is 1. The lowest BCUT2D eigenvalue weighted by Crippen LogP contribution is -2.48. The molecule has 2 aliphatic rings. The first-order valence-electron chi connectivity index (χ1n) is 12.3. The van der Waals surface area contributed by atoms with E-state index in [4.69, 9.17) is 9.47 Å². The number of carbonyl (C=O) groups excluding carboxylic acids is 2. The second-order valence-electron chi connectivity index (χ2n) is 9.08. The molecule has 1 saturated heterocycles. The number of nitrogens with one attached hydrogen (secondary N) is 1. The van der Waals surface area contributed by atoms with E-state index < -0.39 is 0 Å². The molecule has 0 atom stereocenters. The van der Waals surface area contributed by atoms with Gasteiger partial charge in [0.25, 0.3) is 0 Å². The van der Waals surface area contributed by atoms with Crippen LogP contribution in [-0.4, -0.2) is 62.2 Å². The van der Waals surface area contributed by atoms with Crippen molar-refractivity contribution in [3.63, 3.8) is 0 Å². The Morgan fingerprint density at radius 3 is 2.56 bits per heavy atom. The van der Waals surface area contributed by atoms with E-state index >= 15 is 0 Å². The second-order valence-corrected chi connectivity index (χ2v) is 10.2. The summed E-state index contributed by atoms with van der Waals surface area (Å²) in [6.45, 7) is 9.87. The molecule has 4 rings (SSSR count). The minimum atomic E-state index is -0.328. The molecule has 2 aromatic rings. The van der Waals surface area contributed by atoms with Gasteiger partial charge in [0.1, 0.15) is 10.8 Å². The number of aryl methyl sites for hydroxylation is 1. The Labute approximate surface area is 206 Å². The number of fused-ring (bicyclic) bond motifs is 1. The fraction of sp³-hybridized carbons (Fsp3) is 0.538. The van der Waals surface area contributed by atoms with Crippen LogP contribution in [0.4, 0.5) is 10.7 Å². The van der Waals surface area contributed by atoms with Gasteiger partial charge < -0.3 is 19.7 Å². The van der Waals surface area contributed by atoms with Gasteiger partial charge in [0.2, 0.25) is 5.91 Å². The minimum Gasteiger partial charge on any atom is -0.492 e. The molecule has 0 spiro atoms. The lowest BCUT2D eigenvalue weighted by atomic mass is 9.95. The topological polar surface area (TPSA) is 71.1 Å². The van der Waals surface area contributed by atoms with Crippen LogP contribution in [0.3, 0.4) is 0 Å². The van der Waals surface area contributed by atoms with Crippen LogP contribution in [-0.2, 0) is 22.4 Å². The van der Waals surface area contributed by atoms with Crippen LogP contribution in [0, 0.1) is 0 Å². The third-order valence-corrected chi connectivity index (χ3v) is 7.42. The summed E-state index contributed by atoms with van der Waals surface area (Å²) in [5.74, 6) is 0.491. The third kappa shape index (κ3) is 5.73. The molecule has 1 aromatic carbocycles. The number of benzene rings is 1. The standard InChI is InChI=1S/C26H35N3O4S/c1-4-32-21-11-7-6-10-20(21)29-15-13-28(14-16-29)17-23(30)27-25-24(26(31)33-18(2)3)19-9-5-8-12-22(19)34-25/h6-7,10-11,18H,4-5,8-9,12-17H2,1-3H3,(H,27,30). The zero-order valence-corrected chi connectivity index (χ0v) is 21.2. The van der Waals surface area contributed by atoms with Crippen LogP contribution < -0.4 is 15.0 Å². The fourth-order valence-electron chi connectivity index (χ4n) is 4.65. The van der Waals surface area contributed by atoms with Gasteiger partial charge in [0.15, 0.2) is 0 Å². The number of anilines is 2. The second kappa shape index (κ2) is 11.2. The first-order chi connectivity index (χ1) is 16.5. The van der Waals surface area contributed by atoms with Gasteiger partial charge in [-0.25, -0.2) is 4.79 Å². The number of amides is 1. The van der Waals surface area contributed by atoms with Crippen molar-refractivity contribution in [2.24, 2.45) is 0 Å². The molecule has 1 aliphatic heterocycles. The van der Waals surface area contributed by atoms with Crippen LogP contribution in [0.5, 0.6) is 5.75 Å². The van der Waals surface area contributed by atoms with E-state index in [-0.39, 0.29) is 18.0 Å². The van der Waals surface area contributed by atoms with Gasteiger partial charge in [-0.05, 0) is 64.2 Å². The number of ether oxygens (including phenoxy) is 2. The van der Waals surface area contributed by atoms with Crippen molar-refractivity contribution in [2.45, 2.75) is 52.6 Å². The molecule has 2 heterocycles. The van der Waals surface area contributed by atoms with Gasteiger partial charge in [0.05, 0.1) is 30.5 Å². The molecular weight excluding hydrogens is 450 g/mol. The summed E-state index contributed by atoms with van der Waals surface area (Å²) in [5.41, 5.74) is 2.74. The third-order valence-electron chi connectivity index (χ3n) is 6.22. The Morgan fingerprint density at radius 1 is 1.09 bits per heavy atom. The lowest BCUT2D eigenvalue weighted by molar-refractivity contribution is -0.117. The van der Waals surface area contributed by atoms with E-state index in [1.54, 1.807) is 0 Å². The number of rotatable bonds is 8. The van der Waals surface area contributed by atoms with Crippen molar-refractivity contribution in [1.82, 2.24) is 4.90 Å². The van der Waals surface area contributed by atoms with Gasteiger partial charge >= 0.3 is 5.97 Å². The van der Waals surface area contributed by atoms with Crippen molar-refractivity contribution in [2.75, 3.05) is 49.5 Å². The monoisotopic (exact) mass is 485 g/mol. The van der Waals surface area contributed by atoms with E-state index in [9.17, 15) is 9.59 Å². The van der Waals surface area contributed by atoms with Crippen molar-refractivity contribution < 1.29 is 19.1 Å². The summed E-state index contributed by atoms with van der Waals surface area (Å²) in [5, 5.41) is 3.69. The molecule has 0 saturated carbocycles. The molecule has 1 aromatic heterocycles. The number of esters is 1. The van der Waals surface area contributed by atoms with Crippen LogP contribution in [0.2, 0.25) is 0 Å². The van der Waals surface area contributed by atoms with Gasteiger partial charge in [-0.3, -0.25) is 9.69 Å². The number of carbonyl (C=O) groups is 2. The molecule has 184 valence electrons. The van der Waals surface area contributed by atoms with Crippen LogP contribution in [0.1, 0.15) is 54.4 Å².